The molecule has 0 unspecified atom stereocenters. The monoisotopic (exact) mass is 379 g/mol. The number of nitrogens with zero attached hydrogens (tertiary/aromatic N) is 1. The zero-order chi connectivity index (χ0) is 18.6. The summed E-state index contributed by atoms with van der Waals surface area (Å²) >= 11 is 0. The Hall–Kier alpha value is -2.81. The maximum Gasteiger partial charge on any atom is 0.377 e. The number of ether oxygens (including phenoxy) is 3. The van der Waals surface area contributed by atoms with E-state index in [-0.39, 0.29) is 18.1 Å². The standard InChI is InChI=1S/C17H17NO7S/c19-16(11-25-17(20)15-10-23-7-8-24-15)18(13-4-2-1-3-5-13)14-6-9-26(21,22)12-14/h1-6,9-10,14H,7-8,11-12H2/t14-/m1/s1. The minimum Gasteiger partial charge on any atom is -0.493 e. The lowest BCUT2D eigenvalue weighted by molar-refractivity contribution is -0.148. The summed E-state index contributed by atoms with van der Waals surface area (Å²) in [7, 11) is -3.36. The highest BCUT2D eigenvalue weighted by Gasteiger charge is 2.32. The Morgan fingerprint density at radius 3 is 2.58 bits per heavy atom. The summed E-state index contributed by atoms with van der Waals surface area (Å²) in [4.78, 5) is 25.9. The Morgan fingerprint density at radius 2 is 1.96 bits per heavy atom. The highest BCUT2D eigenvalue weighted by atomic mass is 32.2. The van der Waals surface area contributed by atoms with Gasteiger partial charge in [0, 0.05) is 11.1 Å². The highest BCUT2D eigenvalue weighted by molar-refractivity contribution is 7.94. The van der Waals surface area contributed by atoms with E-state index >= 15 is 0 Å². The zero-order valence-corrected chi connectivity index (χ0v) is 14.6. The van der Waals surface area contributed by atoms with Gasteiger partial charge in [-0.05, 0) is 18.2 Å². The number of esters is 1. The fourth-order valence-corrected chi connectivity index (χ4v) is 3.84. The number of carbonyl (C=O) groups is 2. The second kappa shape index (κ2) is 7.61. The molecule has 0 radical (unpaired) electrons. The summed E-state index contributed by atoms with van der Waals surface area (Å²) < 4.78 is 38.5. The van der Waals surface area contributed by atoms with E-state index in [1.165, 1.54) is 11.0 Å². The fourth-order valence-electron chi connectivity index (χ4n) is 2.57. The van der Waals surface area contributed by atoms with E-state index in [1.807, 2.05) is 0 Å². The molecule has 1 aromatic carbocycles. The van der Waals surface area contributed by atoms with Crippen LogP contribution in [0.5, 0.6) is 0 Å². The number of hydrogen-bond acceptors (Lipinski definition) is 7. The molecule has 8 nitrogen and oxygen atoms in total. The molecule has 138 valence electrons. The molecule has 0 spiro atoms. The van der Waals surface area contributed by atoms with Gasteiger partial charge in [0.25, 0.3) is 5.91 Å². The van der Waals surface area contributed by atoms with E-state index < -0.39 is 34.4 Å². The van der Waals surface area contributed by atoms with Crippen molar-refractivity contribution in [1.82, 2.24) is 0 Å². The van der Waals surface area contributed by atoms with Crippen LogP contribution in [0.25, 0.3) is 0 Å². The first kappa shape index (κ1) is 18.0. The Labute approximate surface area is 150 Å². The number of rotatable bonds is 5. The molecule has 1 atom stereocenters. The van der Waals surface area contributed by atoms with Crippen molar-refractivity contribution in [3.05, 3.63) is 53.8 Å². The maximum atomic E-state index is 12.7. The number of sulfone groups is 1. The summed E-state index contributed by atoms with van der Waals surface area (Å²) in [6.07, 6.45) is 2.58. The molecule has 0 bridgehead atoms. The predicted octanol–water partition coefficient (Wildman–Crippen LogP) is 0.762. The molecular weight excluding hydrogens is 362 g/mol. The zero-order valence-electron chi connectivity index (χ0n) is 13.7. The van der Waals surface area contributed by atoms with Crippen molar-refractivity contribution < 1.29 is 32.2 Å². The molecule has 3 rings (SSSR count). The van der Waals surface area contributed by atoms with Crippen molar-refractivity contribution >= 4 is 27.4 Å². The third-order valence-electron chi connectivity index (χ3n) is 3.72. The normalized spacial score (nSPS) is 20.5. The molecule has 0 aromatic heterocycles. The van der Waals surface area contributed by atoms with E-state index in [4.69, 9.17) is 14.2 Å². The third-order valence-corrected chi connectivity index (χ3v) is 5.10. The molecule has 2 heterocycles. The molecule has 26 heavy (non-hydrogen) atoms. The molecule has 0 saturated carbocycles. The van der Waals surface area contributed by atoms with Crippen molar-refractivity contribution in [2.24, 2.45) is 0 Å². The van der Waals surface area contributed by atoms with Crippen LogP contribution in [-0.2, 0) is 33.6 Å². The lowest BCUT2D eigenvalue weighted by atomic mass is 10.2. The van der Waals surface area contributed by atoms with E-state index in [9.17, 15) is 18.0 Å². The van der Waals surface area contributed by atoms with Crippen LogP contribution in [0.4, 0.5) is 5.69 Å². The van der Waals surface area contributed by atoms with Gasteiger partial charge in [-0.25, -0.2) is 13.2 Å². The predicted molar refractivity (Wildman–Crippen MR) is 91.6 cm³/mol. The van der Waals surface area contributed by atoms with Gasteiger partial charge in [-0.3, -0.25) is 4.79 Å². The van der Waals surface area contributed by atoms with Crippen LogP contribution < -0.4 is 4.90 Å². The third kappa shape index (κ3) is 4.23. The number of para-hydroxylation sites is 1. The molecule has 9 heteroatoms. The largest absolute Gasteiger partial charge is 0.493 e. The summed E-state index contributed by atoms with van der Waals surface area (Å²) in [5.74, 6) is -1.70. The molecule has 0 aliphatic carbocycles. The van der Waals surface area contributed by atoms with Gasteiger partial charge in [0.2, 0.25) is 5.76 Å². The average molecular weight is 379 g/mol. The number of anilines is 1. The second-order valence-electron chi connectivity index (χ2n) is 5.60. The Morgan fingerprint density at radius 1 is 1.19 bits per heavy atom. The Bertz CT molecular complexity index is 845. The quantitative estimate of drug-likeness (QED) is 0.697. The Balaban J connectivity index is 1.72. The first-order valence-electron chi connectivity index (χ1n) is 7.86. The van der Waals surface area contributed by atoms with Crippen molar-refractivity contribution in [2.45, 2.75) is 6.04 Å². The van der Waals surface area contributed by atoms with Gasteiger partial charge >= 0.3 is 5.97 Å². The van der Waals surface area contributed by atoms with Gasteiger partial charge in [0.05, 0.1) is 11.8 Å². The maximum absolute atomic E-state index is 12.7. The second-order valence-corrected chi connectivity index (χ2v) is 7.53. The minimum absolute atomic E-state index is 0.112. The molecule has 1 amide bonds. The first-order chi connectivity index (χ1) is 12.5. The number of benzene rings is 1. The Kier molecular flexibility index (Phi) is 5.27. The number of amides is 1. The van der Waals surface area contributed by atoms with Crippen molar-refractivity contribution in [3.63, 3.8) is 0 Å². The van der Waals surface area contributed by atoms with Gasteiger partial charge in [-0.1, -0.05) is 18.2 Å². The van der Waals surface area contributed by atoms with Crippen molar-refractivity contribution in [1.29, 1.82) is 0 Å². The lowest BCUT2D eigenvalue weighted by Crippen LogP contribution is -2.43. The molecule has 0 N–H and O–H groups in total. The van der Waals surface area contributed by atoms with E-state index in [2.05, 4.69) is 0 Å². The van der Waals surface area contributed by atoms with E-state index in [0.717, 1.165) is 11.7 Å². The van der Waals surface area contributed by atoms with Crippen molar-refractivity contribution in [2.75, 3.05) is 30.5 Å². The first-order valence-corrected chi connectivity index (χ1v) is 9.57. The minimum atomic E-state index is -3.36. The smallest absolute Gasteiger partial charge is 0.377 e. The van der Waals surface area contributed by atoms with Crippen LogP contribution in [0.1, 0.15) is 0 Å². The summed E-state index contributed by atoms with van der Waals surface area (Å²) in [6, 6.07) is 7.93. The van der Waals surface area contributed by atoms with E-state index in [0.29, 0.717) is 12.3 Å². The lowest BCUT2D eigenvalue weighted by Gasteiger charge is -2.27. The van der Waals surface area contributed by atoms with Gasteiger partial charge < -0.3 is 19.1 Å². The summed E-state index contributed by atoms with van der Waals surface area (Å²) in [5.41, 5.74) is 0.511. The van der Waals surface area contributed by atoms with Crippen LogP contribution >= 0.6 is 0 Å². The van der Waals surface area contributed by atoms with Crippen LogP contribution in [0.3, 0.4) is 0 Å². The molecule has 0 saturated heterocycles. The van der Waals surface area contributed by atoms with E-state index in [1.54, 1.807) is 30.3 Å². The molecule has 2 aliphatic rings. The van der Waals surface area contributed by atoms with Crippen LogP contribution in [-0.4, -0.2) is 51.9 Å². The fraction of sp³-hybridized carbons (Fsp3) is 0.294. The molecule has 0 fully saturated rings. The molecular formula is C17H17NO7S. The highest BCUT2D eigenvalue weighted by Crippen LogP contribution is 2.23. The molecule has 1 aromatic rings. The van der Waals surface area contributed by atoms with Gasteiger partial charge in [-0.2, -0.15) is 0 Å². The average Bonchev–Trinajstić information content (AvgIpc) is 3.01. The van der Waals surface area contributed by atoms with Gasteiger partial charge in [0.1, 0.15) is 19.5 Å². The summed E-state index contributed by atoms with van der Waals surface area (Å²) in [6.45, 7) is -0.00541. The number of carbonyl (C=O) groups excluding carboxylic acids is 2. The van der Waals surface area contributed by atoms with Crippen LogP contribution in [0, 0.1) is 0 Å². The SMILES string of the molecule is O=C(OCC(=O)N(c1ccccc1)[C@@H]1C=CS(=O)(=O)C1)C1=COCCO1. The number of hydrogen-bond donors (Lipinski definition) is 0. The van der Waals surface area contributed by atoms with Crippen LogP contribution in [0.2, 0.25) is 0 Å². The summed E-state index contributed by atoms with van der Waals surface area (Å²) in [5, 5.41) is 1.09. The van der Waals surface area contributed by atoms with Crippen molar-refractivity contribution in [3.8, 4) is 0 Å². The molecule has 2 aliphatic heterocycles. The van der Waals surface area contributed by atoms with Crippen LogP contribution in [0.15, 0.2) is 53.8 Å². The van der Waals surface area contributed by atoms with Gasteiger partial charge in [0.15, 0.2) is 16.4 Å². The van der Waals surface area contributed by atoms with Gasteiger partial charge in [-0.15, -0.1) is 0 Å². The topological polar surface area (TPSA) is 99.2 Å².